The number of pyridine rings is 1. The van der Waals surface area contributed by atoms with Gasteiger partial charge in [-0.1, -0.05) is 12.1 Å². The molecule has 6 N–H and O–H groups in total. The maximum Gasteiger partial charge on any atom is 0.490 e. The van der Waals surface area contributed by atoms with Crippen molar-refractivity contribution in [3.05, 3.63) is 74.6 Å². The number of aromatic amines is 2. The van der Waals surface area contributed by atoms with Gasteiger partial charge in [0, 0.05) is 30.9 Å². The van der Waals surface area contributed by atoms with Gasteiger partial charge in [-0.25, -0.2) is 9.78 Å². The smallest absolute Gasteiger partial charge is 0.490 e. The Bertz CT molecular complexity index is 1790. The molecule has 2 aliphatic rings. The van der Waals surface area contributed by atoms with Crippen LogP contribution in [0.25, 0.3) is 22.4 Å². The van der Waals surface area contributed by atoms with E-state index in [2.05, 4.69) is 41.5 Å². The van der Waals surface area contributed by atoms with Gasteiger partial charge in [-0.2, -0.15) is 13.2 Å². The van der Waals surface area contributed by atoms with Crippen molar-refractivity contribution in [1.29, 1.82) is 0 Å². The Kier molecular flexibility index (Phi) is 9.98. The van der Waals surface area contributed by atoms with E-state index < -0.39 is 18.2 Å². The molecule has 6 rings (SSSR count). The minimum Gasteiger partial charge on any atom is -0.490 e. The molecule has 0 bridgehead atoms. The number of amides is 1. The number of aliphatic hydroxyl groups excluding tert-OH is 1. The van der Waals surface area contributed by atoms with Gasteiger partial charge < -0.3 is 40.5 Å². The molecule has 0 aliphatic carbocycles. The molecule has 12 nitrogen and oxygen atoms in total. The normalized spacial score (nSPS) is 15.7. The van der Waals surface area contributed by atoms with Crippen LogP contribution in [0, 0.1) is 0 Å². The predicted octanol–water partition coefficient (Wildman–Crippen LogP) is 3.87. The molecule has 0 spiro atoms. The van der Waals surface area contributed by atoms with Gasteiger partial charge in [-0.05, 0) is 77.8 Å². The van der Waals surface area contributed by atoms with Crippen molar-refractivity contribution < 1.29 is 37.7 Å². The van der Waals surface area contributed by atoms with E-state index in [-0.39, 0.29) is 30.7 Å². The van der Waals surface area contributed by atoms with E-state index in [1.165, 1.54) is 0 Å². The first-order valence-corrected chi connectivity index (χ1v) is 15.1. The molecule has 2 aromatic carbocycles. The SMILES string of the molecule is O=C(O)C(F)(F)F.O=C1c2cc3nc(-c4c(NC[C@@H](O)COc5ccccc5Br)cc[nH]c4=O)[nH]c3cc2CN1C1CCNCC1. The van der Waals surface area contributed by atoms with Crippen molar-refractivity contribution in [2.75, 3.05) is 31.6 Å². The fourth-order valence-corrected chi connectivity index (χ4v) is 5.67. The Labute approximate surface area is 268 Å². The first-order valence-electron chi connectivity index (χ1n) is 14.3. The second kappa shape index (κ2) is 13.9. The van der Waals surface area contributed by atoms with Gasteiger partial charge in [0.2, 0.25) is 0 Å². The summed E-state index contributed by atoms with van der Waals surface area (Å²) in [6.45, 7) is 2.67. The summed E-state index contributed by atoms with van der Waals surface area (Å²) < 4.78 is 38.2. The highest BCUT2D eigenvalue weighted by Gasteiger charge is 2.38. The number of imidazole rings is 1. The highest BCUT2D eigenvalue weighted by molar-refractivity contribution is 9.10. The quantitative estimate of drug-likeness (QED) is 0.159. The standard InChI is InChI=1S/C28H29BrN6O4.C2HF3O2/c29-20-3-1-2-4-24(20)39-15-18(36)13-32-21-7-10-31-27(37)25(21)26-33-22-11-16-14-35(17-5-8-30-9-6-17)28(38)19(16)12-23(22)34-26;3-2(4,5)1(6)7/h1-4,7,10-12,17-18,30,36H,5-6,8-9,13-15H2,(H,33,34)(H2,31,32,37);(H,6,7)/t18-;/m1./s1. The number of carboxylic acids is 1. The molecule has 4 aromatic rings. The van der Waals surface area contributed by atoms with Crippen molar-refractivity contribution in [1.82, 2.24) is 25.2 Å². The number of para-hydroxylation sites is 1. The highest BCUT2D eigenvalue weighted by Crippen LogP contribution is 2.32. The zero-order valence-electron chi connectivity index (χ0n) is 24.2. The number of halogens is 4. The lowest BCUT2D eigenvalue weighted by Gasteiger charge is -2.31. The molecule has 0 radical (unpaired) electrons. The van der Waals surface area contributed by atoms with Crippen LogP contribution in [0.2, 0.25) is 0 Å². The van der Waals surface area contributed by atoms with Crippen LogP contribution in [0.5, 0.6) is 5.75 Å². The second-order valence-corrected chi connectivity index (χ2v) is 11.6. The number of carbonyl (C=O) groups excluding carboxylic acids is 1. The number of aliphatic carboxylic acids is 1. The molecule has 1 amide bonds. The zero-order valence-corrected chi connectivity index (χ0v) is 25.7. The van der Waals surface area contributed by atoms with Crippen LogP contribution in [0.4, 0.5) is 18.9 Å². The van der Waals surface area contributed by atoms with E-state index in [1.54, 1.807) is 12.3 Å². The van der Waals surface area contributed by atoms with Crippen LogP contribution in [0.15, 0.2) is 57.9 Å². The van der Waals surface area contributed by atoms with Gasteiger partial charge in [0.1, 0.15) is 29.8 Å². The minimum atomic E-state index is -5.08. The van der Waals surface area contributed by atoms with Crippen LogP contribution < -0.4 is 20.9 Å². The van der Waals surface area contributed by atoms with E-state index >= 15 is 0 Å². The van der Waals surface area contributed by atoms with Crippen LogP contribution in [0.3, 0.4) is 0 Å². The summed E-state index contributed by atoms with van der Waals surface area (Å²) >= 11 is 3.43. The first kappa shape index (κ1) is 33.0. The molecule has 1 atom stereocenters. The van der Waals surface area contributed by atoms with Gasteiger partial charge in [0.15, 0.2) is 0 Å². The molecular weight excluding hydrogens is 677 g/mol. The van der Waals surface area contributed by atoms with E-state index in [0.29, 0.717) is 40.4 Å². The largest absolute Gasteiger partial charge is 0.490 e. The lowest BCUT2D eigenvalue weighted by atomic mass is 10.1. The van der Waals surface area contributed by atoms with Crippen LogP contribution in [-0.2, 0) is 11.3 Å². The van der Waals surface area contributed by atoms with E-state index in [4.69, 9.17) is 14.6 Å². The van der Waals surface area contributed by atoms with Crippen LogP contribution in [0.1, 0.15) is 28.8 Å². The van der Waals surface area contributed by atoms with Crippen molar-refractivity contribution in [2.24, 2.45) is 0 Å². The van der Waals surface area contributed by atoms with Gasteiger partial charge in [-0.3, -0.25) is 9.59 Å². The number of piperidine rings is 1. The van der Waals surface area contributed by atoms with Crippen LogP contribution >= 0.6 is 15.9 Å². The van der Waals surface area contributed by atoms with Gasteiger partial charge in [-0.15, -0.1) is 0 Å². The first-order chi connectivity index (χ1) is 21.9. The molecule has 244 valence electrons. The number of fused-ring (bicyclic) bond motifs is 2. The summed E-state index contributed by atoms with van der Waals surface area (Å²) in [4.78, 5) is 47.6. The summed E-state index contributed by atoms with van der Waals surface area (Å²) in [7, 11) is 0. The van der Waals surface area contributed by atoms with Gasteiger partial charge in [0.05, 0.1) is 21.2 Å². The maximum absolute atomic E-state index is 13.2. The number of alkyl halides is 3. The summed E-state index contributed by atoms with van der Waals surface area (Å²) in [5.74, 6) is -1.69. The number of hydrogen-bond donors (Lipinski definition) is 6. The molecule has 46 heavy (non-hydrogen) atoms. The maximum atomic E-state index is 13.2. The fourth-order valence-electron chi connectivity index (χ4n) is 5.27. The Morgan fingerprint density at radius 1 is 1.17 bits per heavy atom. The molecule has 4 heterocycles. The zero-order chi connectivity index (χ0) is 33.0. The number of carboxylic acid groups (broad SMARTS) is 1. The number of aromatic nitrogens is 3. The average molecular weight is 708 g/mol. The number of benzene rings is 2. The Morgan fingerprint density at radius 3 is 2.59 bits per heavy atom. The summed E-state index contributed by atoms with van der Waals surface area (Å²) in [5, 5.41) is 24.1. The van der Waals surface area contributed by atoms with Crippen LogP contribution in [-0.4, -0.2) is 86.5 Å². The highest BCUT2D eigenvalue weighted by atomic mass is 79.9. The number of H-pyrrole nitrogens is 2. The lowest BCUT2D eigenvalue weighted by Crippen LogP contribution is -2.43. The van der Waals surface area contributed by atoms with Crippen molar-refractivity contribution in [2.45, 2.75) is 37.7 Å². The number of hydrogen-bond acceptors (Lipinski definition) is 8. The number of carbonyl (C=O) groups is 2. The fraction of sp³-hybridized carbons (Fsp3) is 0.333. The Balaban J connectivity index is 0.000000537. The van der Waals surface area contributed by atoms with Gasteiger partial charge >= 0.3 is 12.1 Å². The Morgan fingerprint density at radius 2 is 1.89 bits per heavy atom. The third kappa shape index (κ3) is 7.51. The molecule has 1 fully saturated rings. The molecule has 2 aromatic heterocycles. The van der Waals surface area contributed by atoms with E-state index in [0.717, 1.165) is 41.5 Å². The number of ether oxygens (including phenoxy) is 1. The third-order valence-corrected chi connectivity index (χ3v) is 8.18. The lowest BCUT2D eigenvalue weighted by molar-refractivity contribution is -0.192. The predicted molar refractivity (Wildman–Crippen MR) is 166 cm³/mol. The number of aliphatic hydroxyl groups is 1. The molecule has 0 unspecified atom stereocenters. The number of nitrogens with zero attached hydrogens (tertiary/aromatic N) is 2. The third-order valence-electron chi connectivity index (χ3n) is 7.52. The topological polar surface area (TPSA) is 173 Å². The summed E-state index contributed by atoms with van der Waals surface area (Å²) in [6, 6.07) is 13.2. The minimum absolute atomic E-state index is 0.0435. The molecule has 0 saturated carbocycles. The molecule has 1 saturated heterocycles. The average Bonchev–Trinajstić information content (AvgIpc) is 3.58. The number of anilines is 1. The van der Waals surface area contributed by atoms with Crippen molar-refractivity contribution in [3.8, 4) is 17.1 Å². The molecular formula is C30H30BrF3N6O6. The monoisotopic (exact) mass is 706 g/mol. The van der Waals surface area contributed by atoms with Crippen molar-refractivity contribution >= 4 is 44.5 Å². The molecule has 16 heteroatoms. The summed E-state index contributed by atoms with van der Waals surface area (Å²) in [6.07, 6.45) is -2.45. The second-order valence-electron chi connectivity index (χ2n) is 10.7. The molecule has 2 aliphatic heterocycles. The number of rotatable bonds is 8. The van der Waals surface area contributed by atoms with Gasteiger partial charge in [0.25, 0.3) is 11.5 Å². The van der Waals surface area contributed by atoms with E-state index in [9.17, 15) is 27.9 Å². The van der Waals surface area contributed by atoms with E-state index in [1.807, 2.05) is 41.3 Å². The Hall–Kier alpha value is -4.41. The summed E-state index contributed by atoms with van der Waals surface area (Å²) in [5.41, 5.74) is 3.56. The van der Waals surface area contributed by atoms with Crippen molar-refractivity contribution in [3.63, 3.8) is 0 Å². The number of nitrogens with one attached hydrogen (secondary N) is 4.